The SMILES string of the molecule is c1ccc2c(c1)NNN2CNc1cccc2ocnc12. The summed E-state index contributed by atoms with van der Waals surface area (Å²) in [6.45, 7) is 0.607. The van der Waals surface area contributed by atoms with E-state index in [1.165, 1.54) is 6.39 Å². The van der Waals surface area contributed by atoms with Crippen molar-refractivity contribution in [1.29, 1.82) is 0 Å². The molecule has 0 spiro atoms. The summed E-state index contributed by atoms with van der Waals surface area (Å²) in [4.78, 5) is 4.22. The van der Waals surface area contributed by atoms with E-state index in [9.17, 15) is 0 Å². The van der Waals surface area contributed by atoms with E-state index in [0.29, 0.717) is 6.67 Å². The number of oxazole rings is 1. The lowest BCUT2D eigenvalue weighted by Crippen LogP contribution is -2.39. The van der Waals surface area contributed by atoms with Crippen LogP contribution in [-0.4, -0.2) is 11.7 Å². The molecule has 3 N–H and O–H groups in total. The molecule has 0 aliphatic carbocycles. The van der Waals surface area contributed by atoms with Crippen molar-refractivity contribution in [3.63, 3.8) is 0 Å². The number of fused-ring (bicyclic) bond motifs is 2. The maximum Gasteiger partial charge on any atom is 0.182 e. The van der Waals surface area contributed by atoms with E-state index < -0.39 is 0 Å². The van der Waals surface area contributed by atoms with Crippen molar-refractivity contribution < 1.29 is 4.42 Å². The molecule has 1 aliphatic rings. The largest absolute Gasteiger partial charge is 0.443 e. The summed E-state index contributed by atoms with van der Waals surface area (Å²) >= 11 is 0. The Labute approximate surface area is 115 Å². The molecule has 0 bridgehead atoms. The molecule has 0 saturated heterocycles. The van der Waals surface area contributed by atoms with Gasteiger partial charge in [-0.2, -0.15) is 0 Å². The Morgan fingerprint density at radius 1 is 1.15 bits per heavy atom. The lowest BCUT2D eigenvalue weighted by Gasteiger charge is -2.19. The van der Waals surface area contributed by atoms with Crippen molar-refractivity contribution in [2.24, 2.45) is 0 Å². The third kappa shape index (κ3) is 1.74. The van der Waals surface area contributed by atoms with Gasteiger partial charge in [-0.25, -0.2) is 4.98 Å². The number of benzene rings is 2. The number of aromatic nitrogens is 1. The van der Waals surface area contributed by atoms with Crippen molar-refractivity contribution in [3.05, 3.63) is 48.9 Å². The topological polar surface area (TPSA) is 65.4 Å². The van der Waals surface area contributed by atoms with Gasteiger partial charge in [-0.3, -0.25) is 5.01 Å². The summed E-state index contributed by atoms with van der Waals surface area (Å²) in [6, 6.07) is 13.9. The van der Waals surface area contributed by atoms with Crippen LogP contribution >= 0.6 is 0 Å². The highest BCUT2D eigenvalue weighted by atomic mass is 16.3. The van der Waals surface area contributed by atoms with Gasteiger partial charge in [-0.05, 0) is 24.3 Å². The maximum absolute atomic E-state index is 5.29. The van der Waals surface area contributed by atoms with Crippen LogP contribution in [0.3, 0.4) is 0 Å². The fourth-order valence-corrected chi connectivity index (χ4v) is 2.32. The third-order valence-corrected chi connectivity index (χ3v) is 3.31. The van der Waals surface area contributed by atoms with Gasteiger partial charge in [0.2, 0.25) is 0 Å². The zero-order valence-electron chi connectivity index (χ0n) is 10.6. The van der Waals surface area contributed by atoms with Crippen LogP contribution in [0.25, 0.3) is 11.1 Å². The summed E-state index contributed by atoms with van der Waals surface area (Å²) in [5, 5.41) is 5.35. The first-order valence-corrected chi connectivity index (χ1v) is 6.36. The van der Waals surface area contributed by atoms with Gasteiger partial charge in [0.05, 0.1) is 17.1 Å². The van der Waals surface area contributed by atoms with E-state index in [1.807, 2.05) is 41.4 Å². The van der Waals surface area contributed by atoms with Crippen LogP contribution in [0.15, 0.2) is 53.3 Å². The molecule has 0 amide bonds. The number of hydrogen-bond donors (Lipinski definition) is 3. The summed E-state index contributed by atoms with van der Waals surface area (Å²) in [5.74, 6) is 0. The van der Waals surface area contributed by atoms with Crippen molar-refractivity contribution in [1.82, 2.24) is 10.5 Å². The van der Waals surface area contributed by atoms with Crippen molar-refractivity contribution in [2.45, 2.75) is 0 Å². The van der Waals surface area contributed by atoms with Gasteiger partial charge < -0.3 is 15.2 Å². The summed E-state index contributed by atoms with van der Waals surface area (Å²) in [5.41, 5.74) is 11.0. The molecule has 1 aliphatic heterocycles. The molecule has 20 heavy (non-hydrogen) atoms. The first kappa shape index (κ1) is 11.1. The van der Waals surface area contributed by atoms with E-state index in [1.54, 1.807) is 0 Å². The fourth-order valence-electron chi connectivity index (χ4n) is 2.32. The maximum atomic E-state index is 5.29. The summed E-state index contributed by atoms with van der Waals surface area (Å²) < 4.78 is 5.29. The van der Waals surface area contributed by atoms with E-state index in [0.717, 1.165) is 28.2 Å². The van der Waals surface area contributed by atoms with Gasteiger partial charge in [0.15, 0.2) is 12.0 Å². The van der Waals surface area contributed by atoms with Crippen LogP contribution in [-0.2, 0) is 0 Å². The van der Waals surface area contributed by atoms with Crippen LogP contribution < -0.4 is 21.3 Å². The number of rotatable bonds is 3. The second-order valence-corrected chi connectivity index (χ2v) is 4.52. The molecular formula is C14H13N5O. The van der Waals surface area contributed by atoms with Gasteiger partial charge in [0.1, 0.15) is 12.2 Å². The minimum Gasteiger partial charge on any atom is -0.443 e. The normalized spacial score (nSPS) is 13.3. The number of para-hydroxylation sites is 3. The quantitative estimate of drug-likeness (QED) is 0.677. The van der Waals surface area contributed by atoms with Gasteiger partial charge in [-0.15, -0.1) is 5.53 Å². The van der Waals surface area contributed by atoms with E-state index in [2.05, 4.69) is 27.3 Å². The van der Waals surface area contributed by atoms with E-state index >= 15 is 0 Å². The van der Waals surface area contributed by atoms with Gasteiger partial charge >= 0.3 is 0 Å². The molecule has 0 fully saturated rings. The second-order valence-electron chi connectivity index (χ2n) is 4.52. The van der Waals surface area contributed by atoms with E-state index in [4.69, 9.17) is 4.42 Å². The van der Waals surface area contributed by atoms with Gasteiger partial charge in [0.25, 0.3) is 0 Å². The Bertz CT molecular complexity index is 754. The monoisotopic (exact) mass is 267 g/mol. The highest BCUT2D eigenvalue weighted by molar-refractivity contribution is 5.86. The predicted octanol–water partition coefficient (Wildman–Crippen LogP) is 2.55. The lowest BCUT2D eigenvalue weighted by atomic mass is 10.2. The number of nitrogens with zero attached hydrogens (tertiary/aromatic N) is 2. The van der Waals surface area contributed by atoms with Crippen LogP contribution in [0.4, 0.5) is 17.1 Å². The van der Waals surface area contributed by atoms with Gasteiger partial charge in [-0.1, -0.05) is 18.2 Å². The van der Waals surface area contributed by atoms with Crippen molar-refractivity contribution >= 4 is 28.2 Å². The lowest BCUT2D eigenvalue weighted by molar-refractivity contribution is 0.602. The molecule has 6 heteroatoms. The molecule has 1 aromatic heterocycles. The number of hydrazine groups is 2. The average Bonchev–Trinajstić information content (AvgIpc) is 3.12. The Morgan fingerprint density at radius 3 is 3.10 bits per heavy atom. The Hall–Kier alpha value is -2.73. The molecule has 100 valence electrons. The summed E-state index contributed by atoms with van der Waals surface area (Å²) in [6.07, 6.45) is 1.46. The molecule has 6 nitrogen and oxygen atoms in total. The smallest absolute Gasteiger partial charge is 0.182 e. The Morgan fingerprint density at radius 2 is 2.10 bits per heavy atom. The first-order chi connectivity index (χ1) is 9.92. The van der Waals surface area contributed by atoms with Crippen molar-refractivity contribution in [2.75, 3.05) is 22.4 Å². The fraction of sp³-hybridized carbons (Fsp3) is 0.0714. The zero-order chi connectivity index (χ0) is 13.4. The van der Waals surface area contributed by atoms with Crippen LogP contribution in [0.2, 0.25) is 0 Å². The minimum atomic E-state index is 0.607. The Balaban J connectivity index is 1.56. The molecule has 2 aromatic carbocycles. The molecule has 0 unspecified atom stereocenters. The number of anilines is 3. The van der Waals surface area contributed by atoms with Crippen LogP contribution in [0.1, 0.15) is 0 Å². The summed E-state index contributed by atoms with van der Waals surface area (Å²) in [7, 11) is 0. The van der Waals surface area contributed by atoms with Gasteiger partial charge in [0, 0.05) is 0 Å². The number of hydrogen-bond acceptors (Lipinski definition) is 6. The molecule has 3 aromatic rings. The van der Waals surface area contributed by atoms with Crippen molar-refractivity contribution in [3.8, 4) is 0 Å². The predicted molar refractivity (Wildman–Crippen MR) is 78.2 cm³/mol. The van der Waals surface area contributed by atoms with E-state index in [-0.39, 0.29) is 0 Å². The molecule has 4 rings (SSSR count). The second kappa shape index (κ2) is 4.43. The minimum absolute atomic E-state index is 0.607. The van der Waals surface area contributed by atoms with Crippen LogP contribution in [0, 0.1) is 0 Å². The molecule has 0 saturated carbocycles. The first-order valence-electron chi connectivity index (χ1n) is 6.36. The zero-order valence-corrected chi connectivity index (χ0v) is 10.6. The van der Waals surface area contributed by atoms with Crippen LogP contribution in [0.5, 0.6) is 0 Å². The highest BCUT2D eigenvalue weighted by Gasteiger charge is 2.17. The standard InChI is InChI=1S/C14H13N5O/c1-2-6-12-10(4-1)17-18-19(12)8-15-11-5-3-7-13-14(11)16-9-20-13/h1-7,9,15,17-18H,8H2. The Kier molecular flexibility index (Phi) is 2.46. The highest BCUT2D eigenvalue weighted by Crippen LogP contribution is 2.28. The third-order valence-electron chi connectivity index (χ3n) is 3.31. The molecule has 0 radical (unpaired) electrons. The number of nitrogens with one attached hydrogen (secondary N) is 3. The average molecular weight is 267 g/mol. The molecular weight excluding hydrogens is 254 g/mol. The molecule has 0 atom stereocenters. The molecule has 2 heterocycles.